The summed E-state index contributed by atoms with van der Waals surface area (Å²) in [5.41, 5.74) is 0.843. The largest absolute Gasteiger partial charge is 0.573 e. The Morgan fingerprint density at radius 3 is 2.68 bits per heavy atom. The molecule has 148 valence electrons. The lowest BCUT2D eigenvalue weighted by molar-refractivity contribution is -0.274. The number of rotatable bonds is 5. The van der Waals surface area contributed by atoms with Crippen molar-refractivity contribution in [1.29, 1.82) is 0 Å². The van der Waals surface area contributed by atoms with Crippen LogP contribution in [-0.4, -0.2) is 31.0 Å². The third-order valence-corrected chi connectivity index (χ3v) is 4.95. The van der Waals surface area contributed by atoms with Crippen LogP contribution in [0.1, 0.15) is 6.42 Å². The summed E-state index contributed by atoms with van der Waals surface area (Å²) in [5, 5.41) is 2.73. The van der Waals surface area contributed by atoms with E-state index >= 15 is 0 Å². The number of alkyl halides is 3. The van der Waals surface area contributed by atoms with E-state index in [0.717, 1.165) is 17.0 Å². The van der Waals surface area contributed by atoms with Crippen LogP contribution in [0.4, 0.5) is 24.5 Å². The second kappa shape index (κ2) is 8.14. The number of anilines is 2. The molecule has 0 saturated carbocycles. The summed E-state index contributed by atoms with van der Waals surface area (Å²) >= 11 is 1.53. The number of nitrogens with one attached hydrogen (secondary N) is 1. The molecule has 2 aromatic rings. The third kappa shape index (κ3) is 4.78. The molecular weight excluding hydrogens is 393 g/mol. The minimum absolute atomic E-state index is 0.233. The van der Waals surface area contributed by atoms with Gasteiger partial charge in [-0.15, -0.1) is 24.9 Å². The topological polar surface area (TPSA) is 58.6 Å². The molecule has 0 bridgehead atoms. The first-order valence-corrected chi connectivity index (χ1v) is 9.61. The Morgan fingerprint density at radius 1 is 1.21 bits per heavy atom. The van der Waals surface area contributed by atoms with Crippen LogP contribution in [0.3, 0.4) is 0 Å². The van der Waals surface area contributed by atoms with Crippen molar-refractivity contribution in [2.45, 2.75) is 17.7 Å². The lowest BCUT2D eigenvalue weighted by atomic mass is 10.1. The highest BCUT2D eigenvalue weighted by Gasteiger charge is 2.38. The van der Waals surface area contributed by atoms with E-state index in [0.29, 0.717) is 5.69 Å². The fraction of sp³-hybridized carbons (Fsp3) is 0.263. The molecule has 0 aromatic heterocycles. The van der Waals surface area contributed by atoms with Crippen molar-refractivity contribution in [3.63, 3.8) is 0 Å². The number of hydrogen-bond donors (Lipinski definition) is 1. The summed E-state index contributed by atoms with van der Waals surface area (Å²) in [6.45, 7) is 0.233. The zero-order valence-electron chi connectivity index (χ0n) is 14.8. The van der Waals surface area contributed by atoms with Crippen molar-refractivity contribution < 1.29 is 27.5 Å². The normalized spacial score (nSPS) is 16.9. The predicted octanol–water partition coefficient (Wildman–Crippen LogP) is 4.30. The molecule has 1 fully saturated rings. The number of carbonyl (C=O) groups excluding carboxylic acids is 2. The minimum Gasteiger partial charge on any atom is -0.406 e. The number of ether oxygens (including phenoxy) is 1. The van der Waals surface area contributed by atoms with Crippen LogP contribution in [0.25, 0.3) is 0 Å². The van der Waals surface area contributed by atoms with Crippen molar-refractivity contribution in [2.24, 2.45) is 5.92 Å². The molecule has 28 heavy (non-hydrogen) atoms. The van der Waals surface area contributed by atoms with Crippen LogP contribution < -0.4 is 15.0 Å². The fourth-order valence-corrected chi connectivity index (χ4v) is 3.42. The molecule has 0 radical (unpaired) electrons. The van der Waals surface area contributed by atoms with Gasteiger partial charge in [-0.2, -0.15) is 0 Å². The van der Waals surface area contributed by atoms with E-state index in [4.69, 9.17) is 0 Å². The quantitative estimate of drug-likeness (QED) is 0.590. The van der Waals surface area contributed by atoms with Crippen LogP contribution in [-0.2, 0) is 9.59 Å². The van der Waals surface area contributed by atoms with Crippen molar-refractivity contribution in [1.82, 2.24) is 0 Å². The first kappa shape index (κ1) is 20.1. The molecule has 1 heterocycles. The van der Waals surface area contributed by atoms with E-state index in [9.17, 15) is 22.8 Å². The van der Waals surface area contributed by atoms with Gasteiger partial charge in [0.1, 0.15) is 11.7 Å². The van der Waals surface area contributed by atoms with Gasteiger partial charge < -0.3 is 15.0 Å². The van der Waals surface area contributed by atoms with Crippen molar-refractivity contribution >= 4 is 35.0 Å². The van der Waals surface area contributed by atoms with Gasteiger partial charge in [-0.25, -0.2) is 0 Å². The average molecular weight is 410 g/mol. The summed E-state index contributed by atoms with van der Waals surface area (Å²) in [5.74, 6) is -2.21. The highest BCUT2D eigenvalue weighted by Crippen LogP contribution is 2.31. The van der Waals surface area contributed by atoms with Gasteiger partial charge in [0.2, 0.25) is 11.8 Å². The van der Waals surface area contributed by atoms with Gasteiger partial charge in [0.25, 0.3) is 0 Å². The number of carbonyl (C=O) groups is 2. The summed E-state index contributed by atoms with van der Waals surface area (Å²) in [6.07, 6.45) is -2.63. The third-order valence-electron chi connectivity index (χ3n) is 4.22. The molecular formula is C19H17F3N2O3S. The van der Waals surface area contributed by atoms with E-state index in [2.05, 4.69) is 10.1 Å². The summed E-state index contributed by atoms with van der Waals surface area (Å²) in [7, 11) is 0. The molecule has 1 N–H and O–H groups in total. The smallest absolute Gasteiger partial charge is 0.406 e. The molecule has 5 nitrogen and oxygen atoms in total. The second-order valence-electron chi connectivity index (χ2n) is 6.10. The monoisotopic (exact) mass is 410 g/mol. The Kier molecular flexibility index (Phi) is 5.83. The van der Waals surface area contributed by atoms with Crippen LogP contribution in [0.15, 0.2) is 53.4 Å². The van der Waals surface area contributed by atoms with Gasteiger partial charge >= 0.3 is 6.36 Å². The number of halogens is 3. The predicted molar refractivity (Wildman–Crippen MR) is 100 cm³/mol. The van der Waals surface area contributed by atoms with Crippen LogP contribution in [0, 0.1) is 5.92 Å². The van der Waals surface area contributed by atoms with E-state index in [1.807, 2.05) is 12.3 Å². The number of benzene rings is 2. The van der Waals surface area contributed by atoms with Gasteiger partial charge in [-0.1, -0.05) is 12.1 Å². The van der Waals surface area contributed by atoms with Gasteiger partial charge in [-0.05, 0) is 43.0 Å². The second-order valence-corrected chi connectivity index (χ2v) is 6.98. The van der Waals surface area contributed by atoms with E-state index < -0.39 is 29.8 Å². The Bertz CT molecular complexity index is 889. The maximum atomic E-state index is 12.7. The highest BCUT2D eigenvalue weighted by atomic mass is 32.2. The molecule has 1 atom stereocenters. The van der Waals surface area contributed by atoms with Crippen LogP contribution in [0.5, 0.6) is 5.75 Å². The molecule has 3 rings (SSSR count). The van der Waals surface area contributed by atoms with Gasteiger partial charge in [0.05, 0.1) is 0 Å². The van der Waals surface area contributed by atoms with Crippen molar-refractivity contribution in [3.05, 3.63) is 48.5 Å². The minimum atomic E-state index is -4.82. The molecule has 9 heteroatoms. The SMILES string of the molecule is CSc1cccc(NC(=O)[C@H]2CCN(c3cccc(OC(F)(F)F)c3)C2=O)c1. The van der Waals surface area contributed by atoms with E-state index in [1.165, 1.54) is 28.8 Å². The standard InChI is InChI=1S/C19H17F3N2O3S/c1-28-15-7-2-4-12(10-15)23-17(25)16-8-9-24(18(16)26)13-5-3-6-14(11-13)27-19(20,21)22/h2-7,10-11,16H,8-9H2,1H3,(H,23,25)/t16-/m1/s1. The summed E-state index contributed by atoms with van der Waals surface area (Å²) in [4.78, 5) is 27.4. The number of nitrogens with zero attached hydrogens (tertiary/aromatic N) is 1. The lowest BCUT2D eigenvalue weighted by Crippen LogP contribution is -2.33. The van der Waals surface area contributed by atoms with Crippen molar-refractivity contribution in [3.8, 4) is 5.75 Å². The number of thioether (sulfide) groups is 1. The van der Waals surface area contributed by atoms with E-state index in [-0.39, 0.29) is 18.7 Å². The zero-order valence-corrected chi connectivity index (χ0v) is 15.6. The molecule has 0 aliphatic carbocycles. The maximum Gasteiger partial charge on any atom is 0.573 e. The van der Waals surface area contributed by atoms with Crippen LogP contribution in [0.2, 0.25) is 0 Å². The zero-order chi connectivity index (χ0) is 20.3. The Hall–Kier alpha value is -2.68. The van der Waals surface area contributed by atoms with Gasteiger partial charge in [0.15, 0.2) is 0 Å². The number of amides is 2. The fourth-order valence-electron chi connectivity index (χ4n) is 2.96. The van der Waals surface area contributed by atoms with Gasteiger partial charge in [-0.3, -0.25) is 9.59 Å². The Morgan fingerprint density at radius 2 is 1.96 bits per heavy atom. The molecule has 2 aromatic carbocycles. The molecule has 1 saturated heterocycles. The maximum absolute atomic E-state index is 12.7. The Balaban J connectivity index is 1.70. The number of hydrogen-bond acceptors (Lipinski definition) is 4. The van der Waals surface area contributed by atoms with Crippen LogP contribution >= 0.6 is 11.8 Å². The first-order chi connectivity index (χ1) is 13.3. The Labute approximate surface area is 163 Å². The summed E-state index contributed by atoms with van der Waals surface area (Å²) < 4.78 is 41.1. The summed E-state index contributed by atoms with van der Waals surface area (Å²) in [6, 6.07) is 12.4. The highest BCUT2D eigenvalue weighted by molar-refractivity contribution is 7.98. The molecule has 0 spiro atoms. The van der Waals surface area contributed by atoms with Crippen molar-refractivity contribution in [2.75, 3.05) is 23.0 Å². The molecule has 1 aliphatic rings. The molecule has 0 unspecified atom stereocenters. The lowest BCUT2D eigenvalue weighted by Gasteiger charge is -2.18. The van der Waals surface area contributed by atoms with E-state index in [1.54, 1.807) is 18.2 Å². The molecule has 2 amide bonds. The van der Waals surface area contributed by atoms with Gasteiger partial charge in [0, 0.05) is 28.9 Å². The average Bonchev–Trinajstić information content (AvgIpc) is 3.02. The molecule has 1 aliphatic heterocycles. The first-order valence-electron chi connectivity index (χ1n) is 8.39.